The van der Waals surface area contributed by atoms with Gasteiger partial charge in [0.1, 0.15) is 12.0 Å². The molecule has 1 aliphatic rings. The molecule has 0 spiro atoms. The van der Waals surface area contributed by atoms with Crippen molar-refractivity contribution < 1.29 is 5.21 Å². The van der Waals surface area contributed by atoms with Gasteiger partial charge >= 0.3 is 0 Å². The van der Waals surface area contributed by atoms with Gasteiger partial charge in [0.2, 0.25) is 0 Å². The van der Waals surface area contributed by atoms with Crippen molar-refractivity contribution in [2.45, 2.75) is 19.4 Å². The van der Waals surface area contributed by atoms with Gasteiger partial charge in [0.15, 0.2) is 5.82 Å². The van der Waals surface area contributed by atoms with Crippen molar-refractivity contribution in [3.05, 3.63) is 11.6 Å². The fourth-order valence-corrected chi connectivity index (χ4v) is 1.32. The number of rotatable bonds is 1. The van der Waals surface area contributed by atoms with Crippen molar-refractivity contribution in [3.8, 4) is 0 Å². The number of hydrogen-bond acceptors (Lipinski definition) is 4. The van der Waals surface area contributed by atoms with E-state index in [9.17, 15) is 0 Å². The van der Waals surface area contributed by atoms with Crippen molar-refractivity contribution in [1.29, 1.82) is 0 Å². The molecule has 11 heavy (non-hydrogen) atoms. The summed E-state index contributed by atoms with van der Waals surface area (Å²) in [4.78, 5) is 0. The monoisotopic (exact) mass is 152 g/mol. The average molecular weight is 152 g/mol. The van der Waals surface area contributed by atoms with E-state index in [1.54, 1.807) is 0 Å². The van der Waals surface area contributed by atoms with Gasteiger partial charge in [-0.3, -0.25) is 0 Å². The van der Waals surface area contributed by atoms with E-state index in [1.807, 2.05) is 4.57 Å². The first-order valence-corrected chi connectivity index (χ1v) is 3.51. The lowest BCUT2D eigenvalue weighted by Crippen LogP contribution is -1.99. The Balaban J connectivity index is 2.42. The first-order chi connectivity index (χ1) is 5.42. The molecule has 1 N–H and O–H groups in total. The average Bonchev–Trinajstić information content (AvgIpc) is 2.53. The van der Waals surface area contributed by atoms with Crippen LogP contribution in [0.5, 0.6) is 0 Å². The van der Waals surface area contributed by atoms with Gasteiger partial charge < -0.3 is 9.77 Å². The highest BCUT2D eigenvalue weighted by Crippen LogP contribution is 2.12. The molecule has 0 amide bonds. The Morgan fingerprint density at radius 2 is 2.45 bits per heavy atom. The van der Waals surface area contributed by atoms with Crippen LogP contribution in [-0.4, -0.2) is 26.2 Å². The quantitative estimate of drug-likeness (QED) is 0.351. The summed E-state index contributed by atoms with van der Waals surface area (Å²) in [5.41, 5.74) is 0. The zero-order valence-corrected chi connectivity index (χ0v) is 5.93. The summed E-state index contributed by atoms with van der Waals surface area (Å²) in [6.45, 7) is 0.934. The van der Waals surface area contributed by atoms with Crippen LogP contribution in [0.25, 0.3) is 0 Å². The van der Waals surface area contributed by atoms with Crippen molar-refractivity contribution >= 4 is 6.21 Å². The van der Waals surface area contributed by atoms with Crippen molar-refractivity contribution in [3.63, 3.8) is 0 Å². The molecule has 0 bridgehead atoms. The van der Waals surface area contributed by atoms with Crippen molar-refractivity contribution in [1.82, 2.24) is 14.8 Å². The minimum Gasteiger partial charge on any atom is -0.411 e. The van der Waals surface area contributed by atoms with Crippen molar-refractivity contribution in [2.24, 2.45) is 5.16 Å². The summed E-state index contributed by atoms with van der Waals surface area (Å²) in [6, 6.07) is 0. The van der Waals surface area contributed by atoms with E-state index in [1.165, 1.54) is 6.21 Å². The van der Waals surface area contributed by atoms with Crippen LogP contribution in [0.4, 0.5) is 0 Å². The Morgan fingerprint density at radius 1 is 1.55 bits per heavy atom. The van der Waals surface area contributed by atoms with E-state index in [0.717, 1.165) is 25.2 Å². The van der Waals surface area contributed by atoms with Crippen LogP contribution in [0.15, 0.2) is 5.16 Å². The number of aryl methyl sites for hydroxylation is 1. The molecule has 0 fully saturated rings. The first-order valence-electron chi connectivity index (χ1n) is 3.51. The molecule has 0 radical (unpaired) electrons. The summed E-state index contributed by atoms with van der Waals surface area (Å²) < 4.78 is 1.96. The van der Waals surface area contributed by atoms with Crippen LogP contribution >= 0.6 is 0 Å². The van der Waals surface area contributed by atoms with Crippen LogP contribution in [0.1, 0.15) is 18.1 Å². The fourth-order valence-electron chi connectivity index (χ4n) is 1.32. The summed E-state index contributed by atoms with van der Waals surface area (Å²) >= 11 is 0. The van der Waals surface area contributed by atoms with Gasteiger partial charge in [-0.15, -0.1) is 10.2 Å². The maximum Gasteiger partial charge on any atom is 0.178 e. The zero-order chi connectivity index (χ0) is 7.68. The summed E-state index contributed by atoms with van der Waals surface area (Å²) in [6.07, 6.45) is 3.39. The molecule has 0 atom stereocenters. The number of aromatic nitrogens is 3. The van der Waals surface area contributed by atoms with Gasteiger partial charge in [-0.25, -0.2) is 0 Å². The molecule has 1 aromatic rings. The molecule has 0 aromatic carbocycles. The smallest absolute Gasteiger partial charge is 0.178 e. The molecule has 0 saturated carbocycles. The lowest BCUT2D eigenvalue weighted by molar-refractivity contribution is 0.321. The largest absolute Gasteiger partial charge is 0.411 e. The van der Waals surface area contributed by atoms with Gasteiger partial charge in [-0.1, -0.05) is 5.16 Å². The minimum atomic E-state index is 0.639. The molecule has 58 valence electrons. The molecule has 1 aliphatic heterocycles. The van der Waals surface area contributed by atoms with Gasteiger partial charge in [0.25, 0.3) is 0 Å². The molecule has 0 aliphatic carbocycles. The Morgan fingerprint density at radius 3 is 3.27 bits per heavy atom. The maximum absolute atomic E-state index is 8.26. The number of nitrogens with zero attached hydrogens (tertiary/aromatic N) is 4. The zero-order valence-electron chi connectivity index (χ0n) is 5.93. The molecule has 0 unspecified atom stereocenters. The molecule has 2 rings (SSSR count). The van der Waals surface area contributed by atoms with Crippen LogP contribution in [0.3, 0.4) is 0 Å². The number of fused-ring (bicyclic) bond motifs is 1. The summed E-state index contributed by atoms with van der Waals surface area (Å²) in [7, 11) is 0. The van der Waals surface area contributed by atoms with E-state index in [2.05, 4.69) is 15.4 Å². The van der Waals surface area contributed by atoms with Gasteiger partial charge in [0, 0.05) is 13.0 Å². The Kier molecular flexibility index (Phi) is 1.34. The molecular weight excluding hydrogens is 144 g/mol. The third-order valence-corrected chi connectivity index (χ3v) is 1.81. The van der Waals surface area contributed by atoms with E-state index in [-0.39, 0.29) is 0 Å². The highest BCUT2D eigenvalue weighted by Gasteiger charge is 2.15. The predicted octanol–water partition coefficient (Wildman–Crippen LogP) is 0.0324. The highest BCUT2D eigenvalue weighted by atomic mass is 16.4. The standard InChI is InChI=1S/C6H8N4O/c11-7-4-6-9-8-5-2-1-3-10(5)6/h4,11H,1-3H2/b7-4-. The summed E-state index contributed by atoms with van der Waals surface area (Å²) in [5.74, 6) is 1.62. The van der Waals surface area contributed by atoms with Gasteiger partial charge in [0.05, 0.1) is 0 Å². The molecule has 1 aromatic heterocycles. The van der Waals surface area contributed by atoms with E-state index in [4.69, 9.17) is 5.21 Å². The molecular formula is C6H8N4O. The van der Waals surface area contributed by atoms with Crippen molar-refractivity contribution in [2.75, 3.05) is 0 Å². The minimum absolute atomic E-state index is 0.639. The van der Waals surface area contributed by atoms with Gasteiger partial charge in [-0.2, -0.15) is 0 Å². The Labute approximate surface area is 63.4 Å². The van der Waals surface area contributed by atoms with Crippen LogP contribution in [0, 0.1) is 0 Å². The van der Waals surface area contributed by atoms with Crippen LogP contribution < -0.4 is 0 Å². The fraction of sp³-hybridized carbons (Fsp3) is 0.500. The maximum atomic E-state index is 8.26. The lowest BCUT2D eigenvalue weighted by atomic mass is 10.4. The highest BCUT2D eigenvalue weighted by molar-refractivity contribution is 5.74. The molecule has 5 nitrogen and oxygen atoms in total. The first kappa shape index (κ1) is 6.33. The Bertz CT molecular complexity index is 291. The second-order valence-electron chi connectivity index (χ2n) is 2.47. The second-order valence-corrected chi connectivity index (χ2v) is 2.47. The number of hydrogen-bond donors (Lipinski definition) is 1. The summed E-state index contributed by atoms with van der Waals surface area (Å²) in [5, 5.41) is 18.9. The van der Waals surface area contributed by atoms with E-state index in [0.29, 0.717) is 5.82 Å². The Hall–Kier alpha value is -1.39. The van der Waals surface area contributed by atoms with E-state index < -0.39 is 0 Å². The van der Waals surface area contributed by atoms with E-state index >= 15 is 0 Å². The second kappa shape index (κ2) is 2.34. The van der Waals surface area contributed by atoms with Gasteiger partial charge in [-0.05, 0) is 6.42 Å². The molecule has 0 saturated heterocycles. The SMILES string of the molecule is O/N=C\c1nnc2n1CCC2. The predicted molar refractivity (Wildman–Crippen MR) is 37.7 cm³/mol. The normalized spacial score (nSPS) is 16.0. The van der Waals surface area contributed by atoms with Crippen LogP contribution in [0.2, 0.25) is 0 Å². The number of oxime groups is 1. The third kappa shape index (κ3) is 0.886. The third-order valence-electron chi connectivity index (χ3n) is 1.81. The molecule has 2 heterocycles. The molecule has 5 heteroatoms. The lowest BCUT2D eigenvalue weighted by Gasteiger charge is -1.93. The topological polar surface area (TPSA) is 63.3 Å². The van der Waals surface area contributed by atoms with Crippen LogP contribution in [-0.2, 0) is 13.0 Å².